The molecule has 2 nitrogen and oxygen atoms in total. The Bertz CT molecular complexity index is 434. The van der Waals surface area contributed by atoms with Gasteiger partial charge in [-0.1, -0.05) is 23.7 Å². The van der Waals surface area contributed by atoms with Gasteiger partial charge in [-0.3, -0.25) is 4.79 Å². The number of nitriles is 1. The Morgan fingerprint density at radius 2 is 2.23 bits per heavy atom. The van der Waals surface area contributed by atoms with E-state index < -0.39 is 0 Å². The molecule has 0 unspecified atom stereocenters. The summed E-state index contributed by atoms with van der Waals surface area (Å²) in [6, 6.07) is 6.53. The standard InChI is InChI=1S/C10H4ClNO/c11-10-5-1-3-8(7-13)9(10)4-2-6-12/h1,3,5,7H. The largest absolute Gasteiger partial charge is 0.298 e. The van der Waals surface area contributed by atoms with E-state index in [-0.39, 0.29) is 0 Å². The summed E-state index contributed by atoms with van der Waals surface area (Å²) < 4.78 is 0. The molecule has 0 aliphatic rings. The molecule has 3 heteroatoms. The van der Waals surface area contributed by atoms with Crippen LogP contribution in [0.4, 0.5) is 0 Å². The first-order chi connectivity index (χ1) is 6.29. The lowest BCUT2D eigenvalue weighted by molar-refractivity contribution is 0.112. The first kappa shape index (κ1) is 9.32. The number of carbonyl (C=O) groups excluding carboxylic acids is 1. The fraction of sp³-hybridized carbons (Fsp3) is 0. The monoisotopic (exact) mass is 189 g/mol. The highest BCUT2D eigenvalue weighted by molar-refractivity contribution is 6.32. The minimum atomic E-state index is 0.382. The maximum absolute atomic E-state index is 10.5. The first-order valence-corrected chi connectivity index (χ1v) is 3.81. The lowest BCUT2D eigenvalue weighted by Crippen LogP contribution is -1.87. The molecule has 0 aliphatic carbocycles. The van der Waals surface area contributed by atoms with Crippen molar-refractivity contribution in [3.05, 3.63) is 34.3 Å². The van der Waals surface area contributed by atoms with Gasteiger partial charge in [0.05, 0.1) is 10.6 Å². The number of rotatable bonds is 1. The van der Waals surface area contributed by atoms with Crippen LogP contribution in [0.2, 0.25) is 5.02 Å². The van der Waals surface area contributed by atoms with Gasteiger partial charge in [-0.25, -0.2) is 0 Å². The quantitative estimate of drug-likeness (QED) is 0.501. The van der Waals surface area contributed by atoms with E-state index in [2.05, 4.69) is 11.8 Å². The fourth-order valence-corrected chi connectivity index (χ4v) is 1.09. The van der Waals surface area contributed by atoms with Crippen LogP contribution in [0.5, 0.6) is 0 Å². The van der Waals surface area contributed by atoms with E-state index in [1.165, 1.54) is 0 Å². The van der Waals surface area contributed by atoms with Gasteiger partial charge >= 0.3 is 0 Å². The van der Waals surface area contributed by atoms with Gasteiger partial charge in [0.25, 0.3) is 0 Å². The van der Waals surface area contributed by atoms with Crippen LogP contribution >= 0.6 is 11.6 Å². The van der Waals surface area contributed by atoms with Crippen LogP contribution in [0.15, 0.2) is 18.2 Å². The number of benzene rings is 1. The van der Waals surface area contributed by atoms with Gasteiger partial charge in [-0.2, -0.15) is 5.26 Å². The smallest absolute Gasteiger partial charge is 0.152 e. The van der Waals surface area contributed by atoms with E-state index in [1.54, 1.807) is 24.3 Å². The van der Waals surface area contributed by atoms with Crippen molar-refractivity contribution >= 4 is 17.9 Å². The van der Waals surface area contributed by atoms with Crippen molar-refractivity contribution in [1.29, 1.82) is 5.26 Å². The number of halogens is 1. The molecule has 0 spiro atoms. The van der Waals surface area contributed by atoms with Gasteiger partial charge in [0.15, 0.2) is 12.4 Å². The van der Waals surface area contributed by atoms with E-state index in [0.717, 1.165) is 0 Å². The molecule has 0 aliphatic heterocycles. The third-order valence-electron chi connectivity index (χ3n) is 1.42. The normalized spacial score (nSPS) is 8.00. The van der Waals surface area contributed by atoms with Crippen LogP contribution < -0.4 is 0 Å². The lowest BCUT2D eigenvalue weighted by Gasteiger charge is -1.97. The molecule has 13 heavy (non-hydrogen) atoms. The molecule has 0 atom stereocenters. The van der Waals surface area contributed by atoms with Crippen molar-refractivity contribution in [3.63, 3.8) is 0 Å². The van der Waals surface area contributed by atoms with Crippen LogP contribution in [-0.4, -0.2) is 6.29 Å². The predicted octanol–water partition coefficient (Wildman–Crippen LogP) is 2.03. The van der Waals surface area contributed by atoms with E-state index in [1.807, 2.05) is 0 Å². The molecule has 1 aromatic carbocycles. The molecular formula is C10H4ClNO. The van der Waals surface area contributed by atoms with Gasteiger partial charge in [0, 0.05) is 11.5 Å². The summed E-state index contributed by atoms with van der Waals surface area (Å²) in [5.41, 5.74) is 0.802. The van der Waals surface area contributed by atoms with E-state index >= 15 is 0 Å². The van der Waals surface area contributed by atoms with Crippen molar-refractivity contribution in [3.8, 4) is 17.9 Å². The molecule has 0 saturated carbocycles. The van der Waals surface area contributed by atoms with Crippen LogP contribution in [0.1, 0.15) is 15.9 Å². The van der Waals surface area contributed by atoms with Crippen molar-refractivity contribution in [1.82, 2.24) is 0 Å². The van der Waals surface area contributed by atoms with Crippen LogP contribution in [-0.2, 0) is 0 Å². The summed E-state index contributed by atoms with van der Waals surface area (Å²) in [4.78, 5) is 10.5. The molecular weight excluding hydrogens is 186 g/mol. The number of carbonyl (C=O) groups is 1. The summed E-state index contributed by atoms with van der Waals surface area (Å²) in [7, 11) is 0. The van der Waals surface area contributed by atoms with Gasteiger partial charge < -0.3 is 0 Å². The van der Waals surface area contributed by atoms with E-state index in [0.29, 0.717) is 22.4 Å². The molecule has 0 radical (unpaired) electrons. The first-order valence-electron chi connectivity index (χ1n) is 3.43. The Morgan fingerprint density at radius 1 is 1.46 bits per heavy atom. The van der Waals surface area contributed by atoms with Crippen molar-refractivity contribution in [2.75, 3.05) is 0 Å². The summed E-state index contributed by atoms with van der Waals surface area (Å²) in [5, 5.41) is 8.61. The predicted molar refractivity (Wildman–Crippen MR) is 49.3 cm³/mol. The molecule has 0 bridgehead atoms. The maximum atomic E-state index is 10.5. The maximum Gasteiger partial charge on any atom is 0.152 e. The highest BCUT2D eigenvalue weighted by Gasteiger charge is 2.02. The van der Waals surface area contributed by atoms with E-state index in [9.17, 15) is 4.79 Å². The fourth-order valence-electron chi connectivity index (χ4n) is 0.861. The second-order valence-corrected chi connectivity index (χ2v) is 2.59. The highest BCUT2D eigenvalue weighted by atomic mass is 35.5. The molecule has 62 valence electrons. The van der Waals surface area contributed by atoms with E-state index in [4.69, 9.17) is 16.9 Å². The molecule has 0 fully saturated rings. The summed E-state index contributed by atoms with van der Waals surface area (Å²) in [6.07, 6.45) is 0.660. The lowest BCUT2D eigenvalue weighted by atomic mass is 10.1. The van der Waals surface area contributed by atoms with Crippen LogP contribution in [0.25, 0.3) is 0 Å². The molecule has 0 heterocycles. The number of hydrogen-bond acceptors (Lipinski definition) is 2. The Kier molecular flexibility index (Phi) is 3.09. The summed E-state index contributed by atoms with van der Waals surface area (Å²) in [6.45, 7) is 0. The molecule has 0 N–H and O–H groups in total. The highest BCUT2D eigenvalue weighted by Crippen LogP contribution is 2.17. The third-order valence-corrected chi connectivity index (χ3v) is 1.73. The van der Waals surface area contributed by atoms with Gasteiger partial charge in [0.1, 0.15) is 0 Å². The Hall–Kier alpha value is -1.77. The third kappa shape index (κ3) is 2.08. The molecule has 1 rings (SSSR count). The molecule has 0 aromatic heterocycles. The second kappa shape index (κ2) is 4.30. The van der Waals surface area contributed by atoms with Gasteiger partial charge in [0.2, 0.25) is 0 Å². The average molecular weight is 190 g/mol. The zero-order chi connectivity index (χ0) is 9.68. The molecule has 0 saturated heterocycles. The number of aldehydes is 1. The minimum absolute atomic E-state index is 0.382. The SMILES string of the molecule is N#CC#Cc1c(Cl)cccc1C=O. The van der Waals surface area contributed by atoms with Crippen LogP contribution in [0, 0.1) is 23.2 Å². The summed E-state index contributed by atoms with van der Waals surface area (Å²) in [5.74, 6) is 4.70. The zero-order valence-corrected chi connectivity index (χ0v) is 7.30. The van der Waals surface area contributed by atoms with Gasteiger partial charge in [-0.05, 0) is 12.0 Å². The Labute approximate surface area is 80.7 Å². The zero-order valence-electron chi connectivity index (χ0n) is 6.54. The van der Waals surface area contributed by atoms with Crippen molar-refractivity contribution < 1.29 is 4.79 Å². The minimum Gasteiger partial charge on any atom is -0.298 e. The molecule has 0 amide bonds. The van der Waals surface area contributed by atoms with Crippen molar-refractivity contribution in [2.24, 2.45) is 0 Å². The Morgan fingerprint density at radius 3 is 2.85 bits per heavy atom. The molecule has 1 aromatic rings. The number of hydrogen-bond donors (Lipinski definition) is 0. The Balaban J connectivity index is 3.33. The van der Waals surface area contributed by atoms with Crippen LogP contribution in [0.3, 0.4) is 0 Å². The van der Waals surface area contributed by atoms with Crippen molar-refractivity contribution in [2.45, 2.75) is 0 Å². The summed E-state index contributed by atoms with van der Waals surface area (Å²) >= 11 is 5.77. The topological polar surface area (TPSA) is 40.9 Å². The van der Waals surface area contributed by atoms with Gasteiger partial charge in [-0.15, -0.1) is 0 Å². The average Bonchev–Trinajstić information content (AvgIpc) is 2.15. The number of nitrogens with zero attached hydrogens (tertiary/aromatic N) is 1. The second-order valence-electron chi connectivity index (χ2n) is 2.18.